The van der Waals surface area contributed by atoms with E-state index in [9.17, 15) is 9.59 Å². The molecule has 0 atom stereocenters. The Labute approximate surface area is 272 Å². The molecule has 6 aromatic rings. The molecule has 47 heavy (non-hydrogen) atoms. The maximum Gasteiger partial charge on any atom is 0.257 e. The first-order valence-electron chi connectivity index (χ1n) is 15.5. The summed E-state index contributed by atoms with van der Waals surface area (Å²) in [6.07, 6.45) is 3.37. The molecule has 4 aromatic carbocycles. The van der Waals surface area contributed by atoms with Gasteiger partial charge < -0.3 is 24.5 Å². The van der Waals surface area contributed by atoms with Crippen LogP contribution in [0.3, 0.4) is 0 Å². The van der Waals surface area contributed by atoms with E-state index in [1.807, 2.05) is 60.7 Å². The summed E-state index contributed by atoms with van der Waals surface area (Å²) in [5, 5.41) is 7.89. The second-order valence-electron chi connectivity index (χ2n) is 11.6. The van der Waals surface area contributed by atoms with Crippen molar-refractivity contribution < 1.29 is 23.5 Å². The van der Waals surface area contributed by atoms with Gasteiger partial charge in [0.05, 0.1) is 43.1 Å². The molecule has 0 radical (unpaired) electrons. The normalized spacial score (nSPS) is 12.9. The number of amides is 2. The lowest BCUT2D eigenvalue weighted by atomic mass is 10.0. The van der Waals surface area contributed by atoms with Gasteiger partial charge in [-0.1, -0.05) is 48.5 Å². The van der Waals surface area contributed by atoms with Crippen molar-refractivity contribution in [3.8, 4) is 11.5 Å². The molecular weight excluding hydrogens is 592 g/mol. The minimum atomic E-state index is -0.404. The van der Waals surface area contributed by atoms with Crippen molar-refractivity contribution in [3.05, 3.63) is 125 Å². The molecule has 7 rings (SSSR count). The lowest BCUT2D eigenvalue weighted by Crippen LogP contribution is -2.31. The van der Waals surface area contributed by atoms with Crippen molar-refractivity contribution in [3.63, 3.8) is 0 Å². The van der Waals surface area contributed by atoms with Gasteiger partial charge in [-0.25, -0.2) is 0 Å². The van der Waals surface area contributed by atoms with Crippen LogP contribution >= 0.6 is 0 Å². The molecule has 0 saturated heterocycles. The number of aromatic nitrogens is 1. The molecule has 2 aromatic heterocycles. The van der Waals surface area contributed by atoms with Gasteiger partial charge in [-0.05, 0) is 54.8 Å². The largest absolute Gasteiger partial charge is 0.493 e. The fourth-order valence-electron chi connectivity index (χ4n) is 6.09. The van der Waals surface area contributed by atoms with Gasteiger partial charge in [-0.3, -0.25) is 19.5 Å². The fraction of sp³-hybridized carbons (Fsp3) is 0.184. The van der Waals surface area contributed by atoms with E-state index in [-0.39, 0.29) is 11.3 Å². The number of carbonyl (C=O) groups is 2. The molecule has 236 valence electrons. The third kappa shape index (κ3) is 6.25. The lowest BCUT2D eigenvalue weighted by Gasteiger charge is -2.25. The Morgan fingerprint density at radius 3 is 2.47 bits per heavy atom. The molecule has 9 nitrogen and oxygen atoms in total. The number of anilines is 2. The van der Waals surface area contributed by atoms with Crippen LogP contribution in [-0.4, -0.2) is 49.0 Å². The number of para-hydroxylation sites is 2. The first-order valence-corrected chi connectivity index (χ1v) is 15.5. The number of nitrogens with one attached hydrogen (secondary N) is 2. The Morgan fingerprint density at radius 2 is 1.64 bits per heavy atom. The van der Waals surface area contributed by atoms with E-state index in [4.69, 9.17) is 13.9 Å². The lowest BCUT2D eigenvalue weighted by molar-refractivity contribution is 0.102. The molecule has 2 amide bonds. The summed E-state index contributed by atoms with van der Waals surface area (Å²) in [6.45, 7) is 2.70. The van der Waals surface area contributed by atoms with Crippen molar-refractivity contribution in [1.29, 1.82) is 0 Å². The van der Waals surface area contributed by atoms with Crippen LogP contribution < -0.4 is 20.1 Å². The number of carbonyl (C=O) groups excluding carboxylic acids is 2. The van der Waals surface area contributed by atoms with Crippen LogP contribution in [0.15, 0.2) is 102 Å². The molecule has 2 N–H and O–H groups in total. The Morgan fingerprint density at radius 1 is 0.872 bits per heavy atom. The summed E-state index contributed by atoms with van der Waals surface area (Å²) in [5.74, 6) is 1.01. The topological polar surface area (TPSA) is 106 Å². The first-order chi connectivity index (χ1) is 23.0. The third-order valence-electron chi connectivity index (χ3n) is 8.62. The molecular formula is C38H34N4O5. The Bertz CT molecular complexity index is 2100. The van der Waals surface area contributed by atoms with Crippen molar-refractivity contribution in [2.45, 2.75) is 19.4 Å². The average molecular weight is 627 g/mol. The highest BCUT2D eigenvalue weighted by atomic mass is 16.5. The number of methoxy groups -OCH3 is 2. The summed E-state index contributed by atoms with van der Waals surface area (Å²) in [6, 6.07) is 28.5. The van der Waals surface area contributed by atoms with Crippen molar-refractivity contribution >= 4 is 45.1 Å². The SMILES string of the molecule is COc1cc(NC(=O)c2cnc3ccccc3c2)c(C(=O)Nc2ccc(CCN3CCc4c(oc5ccccc45)C3)cc2)cc1OC. The van der Waals surface area contributed by atoms with Crippen LogP contribution in [0.1, 0.15) is 37.6 Å². The van der Waals surface area contributed by atoms with Crippen LogP contribution in [0.4, 0.5) is 11.4 Å². The molecule has 0 saturated carbocycles. The minimum Gasteiger partial charge on any atom is -0.493 e. The van der Waals surface area contributed by atoms with Gasteiger partial charge in [0, 0.05) is 47.4 Å². The highest BCUT2D eigenvalue weighted by Crippen LogP contribution is 2.34. The number of benzene rings is 4. The smallest absolute Gasteiger partial charge is 0.257 e. The van der Waals surface area contributed by atoms with E-state index in [2.05, 4.69) is 32.7 Å². The van der Waals surface area contributed by atoms with Crippen LogP contribution in [-0.2, 0) is 19.4 Å². The van der Waals surface area contributed by atoms with Gasteiger partial charge in [-0.15, -0.1) is 0 Å². The molecule has 3 heterocycles. The van der Waals surface area contributed by atoms with Gasteiger partial charge in [0.15, 0.2) is 11.5 Å². The maximum atomic E-state index is 13.6. The molecule has 0 aliphatic carbocycles. The first kappa shape index (κ1) is 30.0. The maximum absolute atomic E-state index is 13.6. The number of fused-ring (bicyclic) bond motifs is 4. The summed E-state index contributed by atoms with van der Waals surface area (Å²) in [7, 11) is 3.00. The van der Waals surface area contributed by atoms with Gasteiger partial charge in [0.2, 0.25) is 0 Å². The molecule has 0 spiro atoms. The summed E-state index contributed by atoms with van der Waals surface area (Å²) < 4.78 is 17.1. The molecule has 0 fully saturated rings. The number of rotatable bonds is 9. The molecule has 0 bridgehead atoms. The molecule has 9 heteroatoms. The van der Waals surface area contributed by atoms with Crippen molar-refractivity contribution in [1.82, 2.24) is 9.88 Å². The zero-order valence-corrected chi connectivity index (χ0v) is 26.2. The predicted molar refractivity (Wildman–Crippen MR) is 183 cm³/mol. The molecule has 0 unspecified atom stereocenters. The number of hydrogen-bond donors (Lipinski definition) is 2. The van der Waals surface area contributed by atoms with Crippen LogP contribution in [0.25, 0.3) is 21.9 Å². The zero-order chi connectivity index (χ0) is 32.3. The fourth-order valence-corrected chi connectivity index (χ4v) is 6.09. The van der Waals surface area contributed by atoms with Gasteiger partial charge >= 0.3 is 0 Å². The highest BCUT2D eigenvalue weighted by molar-refractivity contribution is 6.13. The monoisotopic (exact) mass is 626 g/mol. The van der Waals surface area contributed by atoms with E-state index < -0.39 is 11.8 Å². The second kappa shape index (κ2) is 13.0. The van der Waals surface area contributed by atoms with Crippen LogP contribution in [0.2, 0.25) is 0 Å². The number of pyridine rings is 1. The summed E-state index contributed by atoms with van der Waals surface area (Å²) in [5.41, 5.74) is 5.75. The number of hydrogen-bond acceptors (Lipinski definition) is 7. The number of nitrogens with zero attached hydrogens (tertiary/aromatic N) is 2. The molecule has 1 aliphatic rings. The number of ether oxygens (including phenoxy) is 2. The van der Waals surface area contributed by atoms with Crippen molar-refractivity contribution in [2.24, 2.45) is 0 Å². The van der Waals surface area contributed by atoms with Crippen LogP contribution in [0.5, 0.6) is 11.5 Å². The summed E-state index contributed by atoms with van der Waals surface area (Å²) >= 11 is 0. The quantitative estimate of drug-likeness (QED) is 0.176. The Balaban J connectivity index is 1.03. The third-order valence-corrected chi connectivity index (χ3v) is 8.62. The van der Waals surface area contributed by atoms with E-state index in [0.29, 0.717) is 22.7 Å². The molecule has 1 aliphatic heterocycles. The number of furan rings is 1. The summed E-state index contributed by atoms with van der Waals surface area (Å²) in [4.78, 5) is 33.7. The predicted octanol–water partition coefficient (Wildman–Crippen LogP) is 7.10. The van der Waals surface area contributed by atoms with E-state index in [0.717, 1.165) is 54.7 Å². The average Bonchev–Trinajstić information content (AvgIpc) is 3.48. The van der Waals surface area contributed by atoms with Crippen molar-refractivity contribution in [2.75, 3.05) is 37.9 Å². The Hall–Kier alpha value is -5.67. The van der Waals surface area contributed by atoms with Crippen LogP contribution in [0, 0.1) is 0 Å². The van der Waals surface area contributed by atoms with Gasteiger partial charge in [0.25, 0.3) is 11.8 Å². The van der Waals surface area contributed by atoms with Gasteiger partial charge in [-0.2, -0.15) is 0 Å². The standard InChI is InChI=1S/C38H34N4O5/c1-45-34-20-30(32(21-35(34)46-2)41-37(43)26-19-25-7-3-5-9-31(25)39-22-26)38(44)40-27-13-11-24(12-14-27)15-17-42-18-16-29-28-8-4-6-10-33(28)47-36(29)23-42/h3-14,19-22H,15-18,23H2,1-2H3,(H,40,44)(H,41,43). The zero-order valence-electron chi connectivity index (χ0n) is 26.2. The van der Waals surface area contributed by atoms with Gasteiger partial charge in [0.1, 0.15) is 11.3 Å². The highest BCUT2D eigenvalue weighted by Gasteiger charge is 2.23. The minimum absolute atomic E-state index is 0.226. The Kier molecular flexibility index (Phi) is 8.29. The van der Waals surface area contributed by atoms with E-state index in [1.165, 1.54) is 36.9 Å². The van der Waals surface area contributed by atoms with E-state index in [1.54, 1.807) is 18.2 Å². The van der Waals surface area contributed by atoms with E-state index >= 15 is 0 Å². The second-order valence-corrected chi connectivity index (χ2v) is 11.6.